The highest BCUT2D eigenvalue weighted by atomic mass is 28.4. The molecule has 3 aliphatic rings. The Morgan fingerprint density at radius 2 is 1.60 bits per heavy atom. The smallest absolute Gasteiger partial charge is 0.414 e. The van der Waals surface area contributed by atoms with Gasteiger partial charge in [-0.2, -0.15) is 0 Å². The van der Waals surface area contributed by atoms with Crippen LogP contribution in [0.4, 0.5) is 10.5 Å². The van der Waals surface area contributed by atoms with Gasteiger partial charge in [0.2, 0.25) is 5.91 Å². The van der Waals surface area contributed by atoms with E-state index in [0.717, 1.165) is 18.7 Å². The third kappa shape index (κ3) is 5.20. The number of benzene rings is 3. The zero-order valence-corrected chi connectivity index (χ0v) is 25.9. The predicted molar refractivity (Wildman–Crippen MR) is 169 cm³/mol. The van der Waals surface area contributed by atoms with Crippen molar-refractivity contribution in [3.63, 3.8) is 0 Å². The first-order chi connectivity index (χ1) is 20.2. The predicted octanol–water partition coefficient (Wildman–Crippen LogP) is 5.37. The molecule has 1 saturated carbocycles. The molecule has 0 bridgehead atoms. The minimum absolute atomic E-state index is 0.0225. The SMILES string of the molecule is CC(=O)NCC1COC(=O)N1c1ccc(C2=C[C@H]3[C@H](CO[Si](c4ccccc4)(c4ccccc4)C(C)(C)C)[C@H]3C2)cc1. The van der Waals surface area contributed by atoms with Crippen LogP contribution in [0.2, 0.25) is 5.04 Å². The zero-order chi connectivity index (χ0) is 29.5. The normalized spacial score (nSPS) is 23.3. The fourth-order valence-corrected chi connectivity index (χ4v) is 11.6. The molecule has 0 radical (unpaired) electrons. The summed E-state index contributed by atoms with van der Waals surface area (Å²) in [6.07, 6.45) is 3.13. The first-order valence-corrected chi connectivity index (χ1v) is 16.9. The summed E-state index contributed by atoms with van der Waals surface area (Å²) in [5.74, 6) is 1.59. The summed E-state index contributed by atoms with van der Waals surface area (Å²) in [6, 6.07) is 29.7. The lowest BCUT2D eigenvalue weighted by molar-refractivity contribution is -0.119. The van der Waals surface area contributed by atoms with Crippen molar-refractivity contribution in [2.45, 2.75) is 45.2 Å². The highest BCUT2D eigenvalue weighted by molar-refractivity contribution is 6.99. The van der Waals surface area contributed by atoms with Gasteiger partial charge in [-0.05, 0) is 62.9 Å². The van der Waals surface area contributed by atoms with Gasteiger partial charge in [-0.25, -0.2) is 4.79 Å². The zero-order valence-electron chi connectivity index (χ0n) is 24.9. The topological polar surface area (TPSA) is 67.9 Å². The second-order valence-electron chi connectivity index (χ2n) is 12.9. The molecule has 6 rings (SSSR count). The molecular formula is C35H40N2O4Si. The monoisotopic (exact) mass is 580 g/mol. The van der Waals surface area contributed by atoms with Gasteiger partial charge in [0.05, 0.1) is 6.04 Å². The number of carbonyl (C=O) groups excluding carboxylic acids is 2. The molecule has 2 amide bonds. The van der Waals surface area contributed by atoms with Gasteiger partial charge in [0.15, 0.2) is 0 Å². The lowest BCUT2D eigenvalue weighted by Crippen LogP contribution is -2.66. The minimum Gasteiger partial charge on any atom is -0.447 e. The van der Waals surface area contributed by atoms with Crippen LogP contribution in [-0.4, -0.2) is 46.1 Å². The maximum Gasteiger partial charge on any atom is 0.414 e. The number of hydrogen-bond donors (Lipinski definition) is 1. The molecule has 1 saturated heterocycles. The van der Waals surface area contributed by atoms with Crippen molar-refractivity contribution in [1.29, 1.82) is 0 Å². The average molecular weight is 581 g/mol. The third-order valence-corrected chi connectivity index (χ3v) is 14.2. The quantitative estimate of drug-likeness (QED) is 0.346. The Hall–Kier alpha value is -3.68. The van der Waals surface area contributed by atoms with E-state index in [1.807, 2.05) is 12.1 Å². The summed E-state index contributed by atoms with van der Waals surface area (Å²) in [5.41, 5.74) is 3.36. The first-order valence-electron chi connectivity index (χ1n) is 15.0. The number of cyclic esters (lactones) is 1. The van der Waals surface area contributed by atoms with Crippen LogP contribution in [-0.2, 0) is 14.0 Å². The van der Waals surface area contributed by atoms with Crippen molar-refractivity contribution in [2.75, 3.05) is 24.7 Å². The maximum atomic E-state index is 12.4. The van der Waals surface area contributed by atoms with E-state index >= 15 is 0 Å². The highest BCUT2D eigenvalue weighted by Gasteiger charge is 2.56. The molecule has 1 N–H and O–H groups in total. The molecule has 1 aliphatic heterocycles. The van der Waals surface area contributed by atoms with E-state index in [0.29, 0.717) is 24.3 Å². The molecule has 6 nitrogen and oxygen atoms in total. The number of amides is 2. The number of fused-ring (bicyclic) bond motifs is 1. The number of nitrogens with zero attached hydrogens (tertiary/aromatic N) is 1. The number of nitrogens with one attached hydrogen (secondary N) is 1. The molecule has 4 atom stereocenters. The average Bonchev–Trinajstić information content (AvgIpc) is 3.27. The van der Waals surface area contributed by atoms with Gasteiger partial charge in [-0.15, -0.1) is 0 Å². The fraction of sp³-hybridized carbons (Fsp3) is 0.371. The second kappa shape index (κ2) is 11.2. The van der Waals surface area contributed by atoms with Crippen molar-refractivity contribution in [3.05, 3.63) is 96.6 Å². The molecule has 42 heavy (non-hydrogen) atoms. The van der Waals surface area contributed by atoms with Crippen LogP contribution in [0.15, 0.2) is 91.0 Å². The van der Waals surface area contributed by atoms with E-state index < -0.39 is 8.32 Å². The second-order valence-corrected chi connectivity index (χ2v) is 17.2. The molecule has 7 heteroatoms. The molecule has 1 heterocycles. The van der Waals surface area contributed by atoms with Crippen molar-refractivity contribution in [3.8, 4) is 0 Å². The Morgan fingerprint density at radius 3 is 2.12 bits per heavy atom. The Balaban J connectivity index is 1.16. The molecule has 0 aromatic heterocycles. The molecule has 3 aromatic carbocycles. The summed E-state index contributed by atoms with van der Waals surface area (Å²) < 4.78 is 12.5. The summed E-state index contributed by atoms with van der Waals surface area (Å²) >= 11 is 0. The largest absolute Gasteiger partial charge is 0.447 e. The lowest BCUT2D eigenvalue weighted by atomic mass is 10.0. The summed E-state index contributed by atoms with van der Waals surface area (Å²) in [7, 11) is -2.53. The van der Waals surface area contributed by atoms with Gasteiger partial charge >= 0.3 is 6.09 Å². The number of rotatable bonds is 9. The summed E-state index contributed by atoms with van der Waals surface area (Å²) in [4.78, 5) is 25.4. The van der Waals surface area contributed by atoms with Gasteiger partial charge in [-0.3, -0.25) is 9.69 Å². The Bertz CT molecular complexity index is 1430. The molecule has 1 unspecified atom stereocenters. The van der Waals surface area contributed by atoms with Crippen LogP contribution >= 0.6 is 0 Å². The standard InChI is InChI=1S/C35H40N2O4Si/c1-24(38)36-21-28-22-40-34(39)37(28)27-17-15-25(16-18-27)26-19-31-32(20-26)33(31)23-41-42(35(2,3)4,29-11-7-5-8-12-29)30-13-9-6-10-14-30/h5-19,28,31-33H,20-23H2,1-4H3,(H,36,38)/t28?,31-,32+,33+/m1/s1. The van der Waals surface area contributed by atoms with E-state index in [9.17, 15) is 9.59 Å². The number of allylic oxidation sites excluding steroid dienone is 2. The number of anilines is 1. The van der Waals surface area contributed by atoms with E-state index in [1.54, 1.807) is 4.90 Å². The molecule has 2 aliphatic carbocycles. The molecular weight excluding hydrogens is 540 g/mol. The number of ether oxygens (including phenoxy) is 1. The number of carbonyl (C=O) groups is 2. The van der Waals surface area contributed by atoms with Crippen LogP contribution in [0.5, 0.6) is 0 Å². The van der Waals surface area contributed by atoms with Crippen molar-refractivity contribution < 1.29 is 18.8 Å². The van der Waals surface area contributed by atoms with Gasteiger partial charge in [0, 0.05) is 25.8 Å². The van der Waals surface area contributed by atoms with Crippen LogP contribution in [0, 0.1) is 17.8 Å². The Labute approximate surface area is 249 Å². The van der Waals surface area contributed by atoms with E-state index in [1.165, 1.54) is 28.4 Å². The molecule has 0 spiro atoms. The van der Waals surface area contributed by atoms with Gasteiger partial charge in [0.25, 0.3) is 8.32 Å². The fourth-order valence-electron chi connectivity index (χ4n) is 7.02. The Kier molecular flexibility index (Phi) is 7.58. The van der Waals surface area contributed by atoms with Crippen LogP contribution in [0.1, 0.15) is 39.7 Å². The van der Waals surface area contributed by atoms with Crippen LogP contribution < -0.4 is 20.6 Å². The highest BCUT2D eigenvalue weighted by Crippen LogP contribution is 2.58. The van der Waals surface area contributed by atoms with E-state index in [-0.39, 0.29) is 29.7 Å². The molecule has 2 fully saturated rings. The summed E-state index contributed by atoms with van der Waals surface area (Å²) in [6.45, 7) is 9.89. The lowest BCUT2D eigenvalue weighted by Gasteiger charge is -2.43. The molecule has 218 valence electrons. The van der Waals surface area contributed by atoms with E-state index in [4.69, 9.17) is 9.16 Å². The van der Waals surface area contributed by atoms with Gasteiger partial charge in [0.1, 0.15) is 6.61 Å². The summed E-state index contributed by atoms with van der Waals surface area (Å²) in [5, 5.41) is 5.42. The van der Waals surface area contributed by atoms with Crippen molar-refractivity contribution in [1.82, 2.24) is 5.32 Å². The third-order valence-electron chi connectivity index (χ3n) is 9.22. The molecule has 3 aromatic rings. The first kappa shape index (κ1) is 28.4. The van der Waals surface area contributed by atoms with E-state index in [2.05, 4.69) is 105 Å². The van der Waals surface area contributed by atoms with Crippen LogP contribution in [0.3, 0.4) is 0 Å². The Morgan fingerprint density at radius 1 is 0.976 bits per heavy atom. The van der Waals surface area contributed by atoms with Crippen molar-refractivity contribution in [2.24, 2.45) is 17.8 Å². The number of hydrogen-bond acceptors (Lipinski definition) is 4. The van der Waals surface area contributed by atoms with Gasteiger partial charge < -0.3 is 14.5 Å². The van der Waals surface area contributed by atoms with Gasteiger partial charge in [-0.1, -0.05) is 99.6 Å². The van der Waals surface area contributed by atoms with Crippen molar-refractivity contribution >= 4 is 42.0 Å². The van der Waals surface area contributed by atoms with Crippen LogP contribution in [0.25, 0.3) is 5.57 Å². The maximum absolute atomic E-state index is 12.4. The minimum atomic E-state index is -2.53.